The van der Waals surface area contributed by atoms with Gasteiger partial charge in [0.25, 0.3) is 0 Å². The molecule has 0 spiro atoms. The standard InChI is InChI=1S/C14H20ClNO3/c1-18-13-6-3-2-5-12(13)11-14(17)16-8-4-9-19-10-7-15/h2-3,5-6H,4,7-11H2,1H3,(H,16,17). The van der Waals surface area contributed by atoms with Crippen molar-refractivity contribution in [3.63, 3.8) is 0 Å². The fourth-order valence-corrected chi connectivity index (χ4v) is 1.75. The molecule has 5 heteroatoms. The summed E-state index contributed by atoms with van der Waals surface area (Å²) in [5.74, 6) is 1.23. The van der Waals surface area contributed by atoms with E-state index in [-0.39, 0.29) is 5.91 Å². The maximum atomic E-state index is 11.7. The Hall–Kier alpha value is -1.26. The van der Waals surface area contributed by atoms with E-state index in [4.69, 9.17) is 21.1 Å². The molecule has 0 saturated carbocycles. The molecule has 0 aliphatic rings. The number of rotatable bonds is 9. The van der Waals surface area contributed by atoms with Crippen molar-refractivity contribution in [1.82, 2.24) is 5.32 Å². The largest absolute Gasteiger partial charge is 0.496 e. The van der Waals surface area contributed by atoms with Crippen LogP contribution in [0.5, 0.6) is 5.75 Å². The summed E-state index contributed by atoms with van der Waals surface area (Å²) in [6.45, 7) is 1.77. The van der Waals surface area contributed by atoms with Crippen LogP contribution in [0.2, 0.25) is 0 Å². The van der Waals surface area contributed by atoms with Crippen LogP contribution < -0.4 is 10.1 Å². The molecular weight excluding hydrogens is 266 g/mol. The summed E-state index contributed by atoms with van der Waals surface area (Å²) in [7, 11) is 1.60. The molecule has 0 atom stereocenters. The number of hydrogen-bond acceptors (Lipinski definition) is 3. The van der Waals surface area contributed by atoms with Crippen molar-refractivity contribution in [2.24, 2.45) is 0 Å². The number of alkyl halides is 1. The summed E-state index contributed by atoms with van der Waals surface area (Å²) in [4.78, 5) is 11.7. The number of amides is 1. The first-order chi connectivity index (χ1) is 9.27. The van der Waals surface area contributed by atoms with Crippen LogP contribution in [0.25, 0.3) is 0 Å². The zero-order valence-corrected chi connectivity index (χ0v) is 11.9. The molecule has 1 amide bonds. The predicted molar refractivity (Wildman–Crippen MR) is 75.9 cm³/mol. The molecule has 0 fully saturated rings. The van der Waals surface area contributed by atoms with Crippen molar-refractivity contribution in [3.8, 4) is 5.75 Å². The molecule has 106 valence electrons. The highest BCUT2D eigenvalue weighted by molar-refractivity contribution is 6.17. The predicted octanol–water partition coefficient (Wildman–Crippen LogP) is 2.00. The number of nitrogens with one attached hydrogen (secondary N) is 1. The Labute approximate surface area is 119 Å². The lowest BCUT2D eigenvalue weighted by Gasteiger charge is -2.09. The van der Waals surface area contributed by atoms with Gasteiger partial charge in [0.15, 0.2) is 0 Å². The van der Waals surface area contributed by atoms with Gasteiger partial charge >= 0.3 is 0 Å². The van der Waals surface area contributed by atoms with E-state index in [1.807, 2.05) is 24.3 Å². The van der Waals surface area contributed by atoms with Gasteiger partial charge in [-0.05, 0) is 12.5 Å². The van der Waals surface area contributed by atoms with Crippen LogP contribution in [0.15, 0.2) is 24.3 Å². The number of hydrogen-bond donors (Lipinski definition) is 1. The Bertz CT molecular complexity index is 385. The molecule has 19 heavy (non-hydrogen) atoms. The average Bonchev–Trinajstić information content (AvgIpc) is 2.43. The monoisotopic (exact) mass is 285 g/mol. The highest BCUT2D eigenvalue weighted by atomic mass is 35.5. The van der Waals surface area contributed by atoms with E-state index in [9.17, 15) is 4.79 Å². The van der Waals surface area contributed by atoms with E-state index < -0.39 is 0 Å². The molecular formula is C14H20ClNO3. The van der Waals surface area contributed by atoms with Crippen molar-refractivity contribution in [2.45, 2.75) is 12.8 Å². The van der Waals surface area contributed by atoms with Crippen LogP contribution in [0, 0.1) is 0 Å². The quantitative estimate of drug-likeness (QED) is 0.558. The third kappa shape index (κ3) is 6.45. The van der Waals surface area contributed by atoms with E-state index in [2.05, 4.69) is 5.32 Å². The summed E-state index contributed by atoms with van der Waals surface area (Å²) < 4.78 is 10.4. The molecule has 0 aliphatic heterocycles. The van der Waals surface area contributed by atoms with Crippen molar-refractivity contribution < 1.29 is 14.3 Å². The number of halogens is 1. The number of benzene rings is 1. The molecule has 0 aromatic heterocycles. The second-order valence-corrected chi connectivity index (χ2v) is 4.37. The number of ether oxygens (including phenoxy) is 2. The van der Waals surface area contributed by atoms with Crippen molar-refractivity contribution >= 4 is 17.5 Å². The Kier molecular flexibility index (Phi) is 8.02. The number of para-hydroxylation sites is 1. The molecule has 0 bridgehead atoms. The van der Waals surface area contributed by atoms with Gasteiger partial charge in [-0.15, -0.1) is 11.6 Å². The van der Waals surface area contributed by atoms with Gasteiger partial charge in [-0.2, -0.15) is 0 Å². The Morgan fingerprint density at radius 2 is 2.11 bits per heavy atom. The molecule has 1 N–H and O–H groups in total. The minimum absolute atomic E-state index is 0.0122. The first-order valence-electron chi connectivity index (χ1n) is 6.30. The summed E-state index contributed by atoms with van der Waals surface area (Å²) in [6, 6.07) is 7.52. The molecule has 0 radical (unpaired) electrons. The van der Waals surface area contributed by atoms with Gasteiger partial charge in [-0.25, -0.2) is 0 Å². The van der Waals surface area contributed by atoms with Crippen molar-refractivity contribution in [1.29, 1.82) is 0 Å². The minimum atomic E-state index is -0.0122. The summed E-state index contributed by atoms with van der Waals surface area (Å²) >= 11 is 5.48. The first kappa shape index (κ1) is 15.8. The van der Waals surface area contributed by atoms with Gasteiger partial charge in [-0.3, -0.25) is 4.79 Å². The van der Waals surface area contributed by atoms with E-state index in [0.29, 0.717) is 32.1 Å². The molecule has 0 saturated heterocycles. The molecule has 1 aromatic rings. The third-order valence-electron chi connectivity index (χ3n) is 2.55. The van der Waals surface area contributed by atoms with Gasteiger partial charge in [0.1, 0.15) is 5.75 Å². The normalized spacial score (nSPS) is 10.2. The molecule has 0 aliphatic carbocycles. The fourth-order valence-electron chi connectivity index (χ4n) is 1.64. The second kappa shape index (κ2) is 9.64. The first-order valence-corrected chi connectivity index (χ1v) is 6.83. The highest BCUT2D eigenvalue weighted by Gasteiger charge is 2.07. The van der Waals surface area contributed by atoms with Crippen LogP contribution in [0.3, 0.4) is 0 Å². The van der Waals surface area contributed by atoms with E-state index in [1.54, 1.807) is 7.11 Å². The van der Waals surface area contributed by atoms with Crippen LogP contribution in [-0.4, -0.2) is 38.7 Å². The fraction of sp³-hybridized carbons (Fsp3) is 0.500. The third-order valence-corrected chi connectivity index (χ3v) is 2.71. The maximum absolute atomic E-state index is 11.7. The Morgan fingerprint density at radius 1 is 1.32 bits per heavy atom. The van der Waals surface area contributed by atoms with Crippen LogP contribution >= 0.6 is 11.6 Å². The molecule has 0 heterocycles. The van der Waals surface area contributed by atoms with Gasteiger partial charge in [0, 0.05) is 24.6 Å². The zero-order valence-electron chi connectivity index (χ0n) is 11.2. The maximum Gasteiger partial charge on any atom is 0.224 e. The highest BCUT2D eigenvalue weighted by Crippen LogP contribution is 2.17. The zero-order chi connectivity index (χ0) is 13.9. The van der Waals surface area contributed by atoms with Gasteiger partial charge in [0.2, 0.25) is 5.91 Å². The van der Waals surface area contributed by atoms with Gasteiger partial charge in [0.05, 0.1) is 20.1 Å². The molecule has 1 rings (SSSR count). The Morgan fingerprint density at radius 3 is 2.84 bits per heavy atom. The second-order valence-electron chi connectivity index (χ2n) is 3.99. The summed E-state index contributed by atoms with van der Waals surface area (Å²) in [5, 5.41) is 2.85. The van der Waals surface area contributed by atoms with Gasteiger partial charge < -0.3 is 14.8 Å². The van der Waals surface area contributed by atoms with E-state index in [1.165, 1.54) is 0 Å². The van der Waals surface area contributed by atoms with Gasteiger partial charge in [-0.1, -0.05) is 18.2 Å². The lowest BCUT2D eigenvalue weighted by molar-refractivity contribution is -0.120. The molecule has 4 nitrogen and oxygen atoms in total. The van der Waals surface area contributed by atoms with Crippen molar-refractivity contribution in [3.05, 3.63) is 29.8 Å². The van der Waals surface area contributed by atoms with Crippen molar-refractivity contribution in [2.75, 3.05) is 32.7 Å². The summed E-state index contributed by atoms with van der Waals surface area (Å²) in [6.07, 6.45) is 1.11. The molecule has 1 aromatic carbocycles. The number of carbonyl (C=O) groups is 1. The lowest BCUT2D eigenvalue weighted by atomic mass is 10.1. The smallest absolute Gasteiger partial charge is 0.224 e. The SMILES string of the molecule is COc1ccccc1CC(=O)NCCCOCCCl. The minimum Gasteiger partial charge on any atom is -0.496 e. The van der Waals surface area contributed by atoms with E-state index >= 15 is 0 Å². The number of methoxy groups -OCH3 is 1. The van der Waals surface area contributed by atoms with Crippen LogP contribution in [0.4, 0.5) is 0 Å². The number of carbonyl (C=O) groups excluding carboxylic acids is 1. The van der Waals surface area contributed by atoms with Crippen LogP contribution in [0.1, 0.15) is 12.0 Å². The average molecular weight is 286 g/mol. The van der Waals surface area contributed by atoms with E-state index in [0.717, 1.165) is 17.7 Å². The lowest BCUT2D eigenvalue weighted by Crippen LogP contribution is -2.27. The Balaban J connectivity index is 2.23. The summed E-state index contributed by atoms with van der Waals surface area (Å²) in [5.41, 5.74) is 0.890. The topological polar surface area (TPSA) is 47.6 Å². The van der Waals surface area contributed by atoms with Crippen LogP contribution in [-0.2, 0) is 16.0 Å². The molecule has 0 unspecified atom stereocenters.